The van der Waals surface area contributed by atoms with Gasteiger partial charge in [0.1, 0.15) is 0 Å². The second kappa shape index (κ2) is 4.44. The third kappa shape index (κ3) is 1.68. The van der Waals surface area contributed by atoms with E-state index in [1.807, 2.05) is 0 Å². The Morgan fingerprint density at radius 1 is 0.750 bits per heavy atom. The minimum absolute atomic E-state index is 1.27. The molecule has 0 unspecified atom stereocenters. The van der Waals surface area contributed by atoms with Crippen LogP contribution in [-0.4, -0.2) is 0 Å². The van der Waals surface area contributed by atoms with Gasteiger partial charge in [0.05, 0.1) is 0 Å². The average Bonchev–Trinajstić information content (AvgIpc) is 2.36. The molecule has 1 aliphatic carbocycles. The van der Waals surface area contributed by atoms with Gasteiger partial charge in [-0.2, -0.15) is 0 Å². The van der Waals surface area contributed by atoms with Gasteiger partial charge in [-0.05, 0) is 92.8 Å². The summed E-state index contributed by atoms with van der Waals surface area (Å²) in [5, 5.41) is 2.88. The Kier molecular flexibility index (Phi) is 3.13. The fourth-order valence-corrected chi connectivity index (χ4v) is 4.71. The number of benzene rings is 2. The van der Waals surface area contributed by atoms with Gasteiger partial charge in [0.15, 0.2) is 0 Å². The molecule has 0 radical (unpaired) electrons. The number of fused-ring (bicyclic) bond motifs is 2. The SMILES string of the molecule is Ic1c2c(c(I)c3ccccc13)CCCC2. The highest BCUT2D eigenvalue weighted by Gasteiger charge is 2.18. The molecule has 0 bridgehead atoms. The summed E-state index contributed by atoms with van der Waals surface area (Å²) in [4.78, 5) is 0. The lowest BCUT2D eigenvalue weighted by molar-refractivity contribution is 0.682. The topological polar surface area (TPSA) is 0 Å². The Labute approximate surface area is 123 Å². The van der Waals surface area contributed by atoms with E-state index in [-0.39, 0.29) is 0 Å². The van der Waals surface area contributed by atoms with Gasteiger partial charge in [-0.25, -0.2) is 0 Å². The molecule has 2 aromatic rings. The molecule has 0 atom stereocenters. The van der Waals surface area contributed by atoms with Crippen molar-refractivity contribution in [3.63, 3.8) is 0 Å². The maximum absolute atomic E-state index is 2.53. The minimum atomic E-state index is 1.27. The van der Waals surface area contributed by atoms with Gasteiger partial charge in [-0.15, -0.1) is 0 Å². The van der Waals surface area contributed by atoms with Crippen molar-refractivity contribution in [1.82, 2.24) is 0 Å². The average molecular weight is 434 g/mol. The second-order valence-corrected chi connectivity index (χ2v) is 6.50. The molecule has 0 fully saturated rings. The van der Waals surface area contributed by atoms with Gasteiger partial charge in [-0.3, -0.25) is 0 Å². The maximum Gasteiger partial charge on any atom is 0.0244 e. The van der Waals surface area contributed by atoms with Gasteiger partial charge in [-0.1, -0.05) is 24.3 Å². The number of hydrogen-bond donors (Lipinski definition) is 0. The predicted octanol–water partition coefficient (Wildman–Crippen LogP) is 4.93. The molecule has 2 heteroatoms. The quantitative estimate of drug-likeness (QED) is 0.517. The molecular weight excluding hydrogens is 422 g/mol. The summed E-state index contributed by atoms with van der Waals surface area (Å²) in [6, 6.07) is 8.81. The lowest BCUT2D eigenvalue weighted by Crippen LogP contribution is -2.08. The van der Waals surface area contributed by atoms with E-state index in [4.69, 9.17) is 0 Å². The molecule has 0 amide bonds. The van der Waals surface area contributed by atoms with E-state index in [1.54, 1.807) is 11.1 Å². The molecule has 0 N–H and O–H groups in total. The first kappa shape index (κ1) is 11.3. The number of halogens is 2. The van der Waals surface area contributed by atoms with Crippen LogP contribution in [0.15, 0.2) is 24.3 Å². The third-order valence-corrected chi connectivity index (χ3v) is 5.86. The Hall–Kier alpha value is 0.160. The molecular formula is C14H12I2. The zero-order valence-corrected chi connectivity index (χ0v) is 13.2. The van der Waals surface area contributed by atoms with Gasteiger partial charge >= 0.3 is 0 Å². The molecule has 0 aromatic heterocycles. The summed E-state index contributed by atoms with van der Waals surface area (Å²) >= 11 is 5.07. The van der Waals surface area contributed by atoms with Crippen LogP contribution in [0.1, 0.15) is 24.0 Å². The smallest absolute Gasteiger partial charge is 0.0244 e. The van der Waals surface area contributed by atoms with Crippen molar-refractivity contribution in [1.29, 1.82) is 0 Å². The Bertz CT molecular complexity index is 508. The van der Waals surface area contributed by atoms with Crippen LogP contribution in [0.5, 0.6) is 0 Å². The Morgan fingerprint density at radius 3 is 1.62 bits per heavy atom. The highest BCUT2D eigenvalue weighted by atomic mass is 127. The van der Waals surface area contributed by atoms with Crippen molar-refractivity contribution in [3.8, 4) is 0 Å². The first-order chi connectivity index (χ1) is 7.79. The van der Waals surface area contributed by atoms with Crippen molar-refractivity contribution >= 4 is 56.0 Å². The van der Waals surface area contributed by atoms with E-state index in [0.717, 1.165) is 0 Å². The minimum Gasteiger partial charge on any atom is -0.0616 e. The van der Waals surface area contributed by atoms with Crippen LogP contribution in [0.4, 0.5) is 0 Å². The monoisotopic (exact) mass is 434 g/mol. The number of rotatable bonds is 0. The number of hydrogen-bond acceptors (Lipinski definition) is 0. The van der Waals surface area contributed by atoms with Crippen LogP contribution in [0.25, 0.3) is 10.8 Å². The molecule has 0 spiro atoms. The molecule has 2 aromatic carbocycles. The van der Waals surface area contributed by atoms with Crippen molar-refractivity contribution in [2.24, 2.45) is 0 Å². The van der Waals surface area contributed by atoms with Gasteiger partial charge in [0.2, 0.25) is 0 Å². The zero-order valence-electron chi connectivity index (χ0n) is 8.89. The lowest BCUT2D eigenvalue weighted by Gasteiger charge is -2.21. The highest BCUT2D eigenvalue weighted by molar-refractivity contribution is 14.1. The normalized spacial score (nSPS) is 15.1. The highest BCUT2D eigenvalue weighted by Crippen LogP contribution is 2.36. The Balaban J connectivity index is 2.44. The first-order valence-corrected chi connectivity index (χ1v) is 7.82. The van der Waals surface area contributed by atoms with Crippen LogP contribution in [0, 0.1) is 7.14 Å². The molecule has 0 saturated heterocycles. The molecule has 0 heterocycles. The van der Waals surface area contributed by atoms with Crippen LogP contribution < -0.4 is 0 Å². The fraction of sp³-hybridized carbons (Fsp3) is 0.286. The van der Waals surface area contributed by atoms with Crippen LogP contribution in [-0.2, 0) is 12.8 Å². The molecule has 0 aliphatic heterocycles. The second-order valence-electron chi connectivity index (χ2n) is 4.34. The third-order valence-electron chi connectivity index (χ3n) is 3.40. The lowest BCUT2D eigenvalue weighted by atomic mass is 9.89. The van der Waals surface area contributed by atoms with Crippen molar-refractivity contribution in [2.75, 3.05) is 0 Å². The maximum atomic E-state index is 2.53. The summed E-state index contributed by atoms with van der Waals surface area (Å²) in [6.45, 7) is 0. The van der Waals surface area contributed by atoms with Crippen molar-refractivity contribution in [3.05, 3.63) is 42.5 Å². The largest absolute Gasteiger partial charge is 0.0616 e. The van der Waals surface area contributed by atoms with E-state index < -0.39 is 0 Å². The molecule has 1 aliphatic rings. The Morgan fingerprint density at radius 2 is 1.19 bits per heavy atom. The van der Waals surface area contributed by atoms with E-state index in [9.17, 15) is 0 Å². The molecule has 0 nitrogen and oxygen atoms in total. The zero-order chi connectivity index (χ0) is 11.1. The van der Waals surface area contributed by atoms with Crippen molar-refractivity contribution < 1.29 is 0 Å². The summed E-state index contributed by atoms with van der Waals surface area (Å²) in [6.07, 6.45) is 5.26. The van der Waals surface area contributed by atoms with Crippen LogP contribution in [0.3, 0.4) is 0 Å². The molecule has 3 rings (SSSR count). The summed E-state index contributed by atoms with van der Waals surface area (Å²) in [7, 11) is 0. The summed E-state index contributed by atoms with van der Waals surface area (Å²) < 4.78 is 2.98. The van der Waals surface area contributed by atoms with Crippen molar-refractivity contribution in [2.45, 2.75) is 25.7 Å². The predicted molar refractivity (Wildman–Crippen MR) is 86.0 cm³/mol. The summed E-state index contributed by atoms with van der Waals surface area (Å²) in [5.41, 5.74) is 3.24. The molecule has 16 heavy (non-hydrogen) atoms. The van der Waals surface area contributed by atoms with Gasteiger partial charge in [0.25, 0.3) is 0 Å². The standard InChI is InChI=1S/C14H12I2/c15-13-9-5-1-2-6-10(9)14(16)12-8-4-3-7-11(12)13/h1-2,5-6H,3-4,7-8H2. The van der Waals surface area contributed by atoms with Crippen LogP contribution in [0.2, 0.25) is 0 Å². The van der Waals surface area contributed by atoms with E-state index in [1.165, 1.54) is 43.6 Å². The fourth-order valence-electron chi connectivity index (χ4n) is 2.58. The molecule has 82 valence electrons. The first-order valence-electron chi connectivity index (χ1n) is 5.66. The summed E-state index contributed by atoms with van der Waals surface area (Å²) in [5.74, 6) is 0. The van der Waals surface area contributed by atoms with Gasteiger partial charge < -0.3 is 0 Å². The van der Waals surface area contributed by atoms with E-state index in [0.29, 0.717) is 0 Å². The van der Waals surface area contributed by atoms with E-state index >= 15 is 0 Å². The molecule has 0 saturated carbocycles. The van der Waals surface area contributed by atoms with Crippen LogP contribution >= 0.6 is 45.2 Å². The van der Waals surface area contributed by atoms with E-state index in [2.05, 4.69) is 69.4 Å². The van der Waals surface area contributed by atoms with Gasteiger partial charge in [0, 0.05) is 7.14 Å².